The highest BCUT2D eigenvalue weighted by Gasteiger charge is 2.45. The Morgan fingerprint density at radius 1 is 1.08 bits per heavy atom. The van der Waals surface area contributed by atoms with Gasteiger partial charge < -0.3 is 29.5 Å². The van der Waals surface area contributed by atoms with Gasteiger partial charge in [-0.25, -0.2) is 0 Å². The van der Waals surface area contributed by atoms with Gasteiger partial charge in [-0.05, 0) is 18.6 Å². The number of rotatable bonds is 8. The Bertz CT molecular complexity index is 521. The van der Waals surface area contributed by atoms with Gasteiger partial charge in [0.25, 0.3) is 0 Å². The maximum absolute atomic E-state index is 11.7. The van der Waals surface area contributed by atoms with Crippen molar-refractivity contribution < 1.29 is 34.3 Å². The fourth-order valence-corrected chi connectivity index (χ4v) is 2.55. The fourth-order valence-electron chi connectivity index (χ4n) is 2.55. The molecule has 0 radical (unpaired) electrons. The van der Waals surface area contributed by atoms with Gasteiger partial charge in [0.2, 0.25) is 6.29 Å². The number of aliphatic hydroxyl groups excluding tert-OH is 3. The number of para-hydroxylation sites is 1. The molecular formula is C18H26O7. The first-order valence-corrected chi connectivity index (χ1v) is 8.60. The van der Waals surface area contributed by atoms with Crippen molar-refractivity contribution in [3.05, 3.63) is 30.3 Å². The first-order chi connectivity index (χ1) is 12.0. The molecule has 25 heavy (non-hydrogen) atoms. The molecule has 1 aliphatic heterocycles. The van der Waals surface area contributed by atoms with Crippen molar-refractivity contribution in [3.8, 4) is 5.75 Å². The average molecular weight is 354 g/mol. The van der Waals surface area contributed by atoms with Gasteiger partial charge in [0.15, 0.2) is 0 Å². The number of esters is 1. The summed E-state index contributed by atoms with van der Waals surface area (Å²) in [6.45, 7) is 1.82. The van der Waals surface area contributed by atoms with Gasteiger partial charge in [0.1, 0.15) is 36.8 Å². The summed E-state index contributed by atoms with van der Waals surface area (Å²) in [6, 6.07) is 8.67. The highest BCUT2D eigenvalue weighted by Crippen LogP contribution is 2.24. The zero-order valence-electron chi connectivity index (χ0n) is 14.3. The zero-order chi connectivity index (χ0) is 18.2. The van der Waals surface area contributed by atoms with Crippen molar-refractivity contribution in [2.45, 2.75) is 63.3 Å². The summed E-state index contributed by atoms with van der Waals surface area (Å²) in [5, 5.41) is 30.1. The molecule has 0 spiro atoms. The first kappa shape index (κ1) is 19.7. The van der Waals surface area contributed by atoms with Crippen molar-refractivity contribution in [1.29, 1.82) is 0 Å². The van der Waals surface area contributed by atoms with Crippen molar-refractivity contribution in [2.75, 3.05) is 6.61 Å². The van der Waals surface area contributed by atoms with E-state index in [1.165, 1.54) is 0 Å². The second kappa shape index (κ2) is 9.72. The Labute approximate surface area is 147 Å². The molecule has 0 bridgehead atoms. The van der Waals surface area contributed by atoms with Crippen molar-refractivity contribution >= 4 is 5.97 Å². The molecule has 5 atom stereocenters. The molecule has 1 aliphatic rings. The second-order valence-corrected chi connectivity index (χ2v) is 6.09. The van der Waals surface area contributed by atoms with Crippen LogP contribution in [-0.2, 0) is 14.3 Å². The fraction of sp³-hybridized carbons (Fsp3) is 0.611. The number of ether oxygens (including phenoxy) is 3. The molecule has 0 unspecified atom stereocenters. The molecule has 1 saturated heterocycles. The minimum Gasteiger partial charge on any atom is -0.463 e. The Balaban J connectivity index is 1.90. The van der Waals surface area contributed by atoms with Crippen LogP contribution in [0, 0.1) is 0 Å². The lowest BCUT2D eigenvalue weighted by Crippen LogP contribution is -2.60. The van der Waals surface area contributed by atoms with E-state index in [-0.39, 0.29) is 12.6 Å². The van der Waals surface area contributed by atoms with Crippen LogP contribution in [0.1, 0.15) is 32.6 Å². The number of unbranched alkanes of at least 4 members (excludes halogenated alkanes) is 2. The van der Waals surface area contributed by atoms with E-state index < -0.39 is 30.7 Å². The molecule has 0 aliphatic carbocycles. The third-order valence-corrected chi connectivity index (χ3v) is 4.06. The molecule has 0 aromatic heterocycles. The monoisotopic (exact) mass is 354 g/mol. The predicted octanol–water partition coefficient (Wildman–Crippen LogP) is 0.996. The van der Waals surface area contributed by atoms with Crippen molar-refractivity contribution in [1.82, 2.24) is 0 Å². The number of hydrogen-bond donors (Lipinski definition) is 3. The Morgan fingerprint density at radius 2 is 1.80 bits per heavy atom. The molecule has 2 rings (SSSR count). The Hall–Kier alpha value is -1.67. The van der Waals surface area contributed by atoms with Gasteiger partial charge in [-0.2, -0.15) is 0 Å². The summed E-state index contributed by atoms with van der Waals surface area (Å²) in [4.78, 5) is 11.7. The van der Waals surface area contributed by atoms with Crippen LogP contribution in [0.15, 0.2) is 30.3 Å². The molecule has 7 heteroatoms. The lowest BCUT2D eigenvalue weighted by Gasteiger charge is -2.39. The SMILES string of the molecule is CCCCCC(=O)OC[C@H]1O[C@@H](Oc2ccccc2)[C@H](O)[C@@H](O)[C@@H]1O. The summed E-state index contributed by atoms with van der Waals surface area (Å²) in [5.41, 5.74) is 0. The number of hydrogen-bond acceptors (Lipinski definition) is 7. The quantitative estimate of drug-likeness (QED) is 0.472. The maximum atomic E-state index is 11.7. The normalized spacial score (nSPS) is 29.2. The van der Waals surface area contributed by atoms with Gasteiger partial charge in [0.05, 0.1) is 0 Å². The molecule has 3 N–H and O–H groups in total. The van der Waals surface area contributed by atoms with E-state index in [1.54, 1.807) is 24.3 Å². The van der Waals surface area contributed by atoms with E-state index in [4.69, 9.17) is 14.2 Å². The number of carbonyl (C=O) groups is 1. The van der Waals surface area contributed by atoms with E-state index >= 15 is 0 Å². The van der Waals surface area contributed by atoms with E-state index in [1.807, 2.05) is 13.0 Å². The van der Waals surface area contributed by atoms with E-state index in [2.05, 4.69) is 0 Å². The summed E-state index contributed by atoms with van der Waals surface area (Å²) in [5.74, 6) is 0.0656. The van der Waals surface area contributed by atoms with Crippen LogP contribution in [0.3, 0.4) is 0 Å². The predicted molar refractivity (Wildman–Crippen MR) is 88.9 cm³/mol. The van der Waals surface area contributed by atoms with Gasteiger partial charge in [0, 0.05) is 6.42 Å². The van der Waals surface area contributed by atoms with Crippen LogP contribution < -0.4 is 4.74 Å². The van der Waals surface area contributed by atoms with Crippen LogP contribution in [0.25, 0.3) is 0 Å². The van der Waals surface area contributed by atoms with Crippen LogP contribution in [-0.4, -0.2) is 58.6 Å². The van der Waals surface area contributed by atoms with E-state index in [9.17, 15) is 20.1 Å². The molecular weight excluding hydrogens is 328 g/mol. The van der Waals surface area contributed by atoms with Crippen LogP contribution in [0.2, 0.25) is 0 Å². The number of benzene rings is 1. The largest absolute Gasteiger partial charge is 0.463 e. The average Bonchev–Trinajstić information content (AvgIpc) is 2.62. The van der Waals surface area contributed by atoms with E-state index in [0.717, 1.165) is 19.3 Å². The summed E-state index contributed by atoms with van der Waals surface area (Å²) < 4.78 is 16.1. The van der Waals surface area contributed by atoms with Gasteiger partial charge >= 0.3 is 5.97 Å². The minimum absolute atomic E-state index is 0.218. The van der Waals surface area contributed by atoms with Gasteiger partial charge in [-0.1, -0.05) is 38.0 Å². The Kier molecular flexibility index (Phi) is 7.64. The molecule has 1 fully saturated rings. The molecule has 7 nitrogen and oxygen atoms in total. The van der Waals surface area contributed by atoms with Crippen molar-refractivity contribution in [2.24, 2.45) is 0 Å². The highest BCUT2D eigenvalue weighted by molar-refractivity contribution is 5.69. The maximum Gasteiger partial charge on any atom is 0.305 e. The van der Waals surface area contributed by atoms with Gasteiger partial charge in [-0.3, -0.25) is 4.79 Å². The zero-order valence-corrected chi connectivity index (χ0v) is 14.3. The van der Waals surface area contributed by atoms with Crippen molar-refractivity contribution in [3.63, 3.8) is 0 Å². The number of carbonyl (C=O) groups excluding carboxylic acids is 1. The van der Waals surface area contributed by atoms with Crippen LogP contribution >= 0.6 is 0 Å². The van der Waals surface area contributed by atoms with Crippen LogP contribution in [0.5, 0.6) is 5.75 Å². The molecule has 0 saturated carbocycles. The highest BCUT2D eigenvalue weighted by atomic mass is 16.7. The molecule has 0 amide bonds. The topological polar surface area (TPSA) is 105 Å². The molecule has 140 valence electrons. The molecule has 1 heterocycles. The smallest absolute Gasteiger partial charge is 0.305 e. The Morgan fingerprint density at radius 3 is 2.48 bits per heavy atom. The standard InChI is InChI=1S/C18H26O7/c1-2-3-5-10-14(19)23-11-13-15(20)16(21)17(22)18(25-13)24-12-8-6-4-7-9-12/h4,6-9,13,15-18,20-22H,2-3,5,10-11H2,1H3/t13-,15-,16+,17-,18-/m1/s1. The lowest BCUT2D eigenvalue weighted by atomic mass is 9.99. The summed E-state index contributed by atoms with van der Waals surface area (Å²) in [6.07, 6.45) is -3.45. The lowest BCUT2D eigenvalue weighted by molar-refractivity contribution is -0.278. The minimum atomic E-state index is -1.47. The summed E-state index contributed by atoms with van der Waals surface area (Å²) >= 11 is 0. The van der Waals surface area contributed by atoms with Gasteiger partial charge in [-0.15, -0.1) is 0 Å². The molecule has 1 aromatic rings. The number of aliphatic hydroxyl groups is 3. The molecule has 1 aromatic carbocycles. The van der Waals surface area contributed by atoms with E-state index in [0.29, 0.717) is 12.2 Å². The first-order valence-electron chi connectivity index (χ1n) is 8.60. The second-order valence-electron chi connectivity index (χ2n) is 6.09. The summed E-state index contributed by atoms with van der Waals surface area (Å²) in [7, 11) is 0. The third-order valence-electron chi connectivity index (χ3n) is 4.06. The third kappa shape index (κ3) is 5.67. The van der Waals surface area contributed by atoms with Crippen LogP contribution in [0.4, 0.5) is 0 Å².